The predicted molar refractivity (Wildman–Crippen MR) is 94.5 cm³/mol. The largest absolute Gasteiger partial charge is 0.467 e. The van der Waals surface area contributed by atoms with Crippen LogP contribution in [0.4, 0.5) is 17.6 Å². The molecule has 0 saturated carbocycles. The van der Waals surface area contributed by atoms with Gasteiger partial charge in [0.05, 0.1) is 12.7 Å². The second-order valence-corrected chi connectivity index (χ2v) is 5.87. The van der Waals surface area contributed by atoms with E-state index in [0.717, 1.165) is 18.2 Å². The van der Waals surface area contributed by atoms with Gasteiger partial charge in [0.1, 0.15) is 11.9 Å². The third kappa shape index (κ3) is 6.22. The first-order valence-electron chi connectivity index (χ1n) is 8.17. The van der Waals surface area contributed by atoms with Gasteiger partial charge in [-0.15, -0.1) is 0 Å². The molecule has 0 bridgehead atoms. The summed E-state index contributed by atoms with van der Waals surface area (Å²) in [4.78, 5) is 24.0. The van der Waals surface area contributed by atoms with Crippen LogP contribution in [0.1, 0.15) is 16.7 Å². The Morgan fingerprint density at radius 2 is 1.68 bits per heavy atom. The summed E-state index contributed by atoms with van der Waals surface area (Å²) in [7, 11) is 1.17. The van der Waals surface area contributed by atoms with Gasteiger partial charge in [0.15, 0.2) is 0 Å². The van der Waals surface area contributed by atoms with Crippen LogP contribution in [0, 0.1) is 5.82 Å². The molecule has 2 rings (SSSR count). The van der Waals surface area contributed by atoms with Gasteiger partial charge in [-0.3, -0.25) is 4.79 Å². The lowest BCUT2D eigenvalue weighted by Gasteiger charge is -2.15. The summed E-state index contributed by atoms with van der Waals surface area (Å²) >= 11 is 0. The molecule has 4 nitrogen and oxygen atoms in total. The molecule has 0 fully saturated rings. The lowest BCUT2D eigenvalue weighted by molar-refractivity contribution is -0.144. The molecule has 2 aromatic rings. The summed E-state index contributed by atoms with van der Waals surface area (Å²) in [6.07, 6.45) is -1.93. The van der Waals surface area contributed by atoms with Crippen LogP contribution < -0.4 is 5.32 Å². The van der Waals surface area contributed by atoms with Gasteiger partial charge in [-0.25, -0.2) is 9.18 Å². The van der Waals surface area contributed by atoms with Crippen molar-refractivity contribution >= 4 is 18.0 Å². The highest BCUT2D eigenvalue weighted by molar-refractivity contribution is 5.94. The standard InChI is InChI=1S/C20H17F4NO3/c1-28-19(27)17(12-14-4-9-16(21)10-5-14)25-18(26)11-6-13-2-7-15(8-3-13)20(22,23)24/h2-11,17H,12H2,1H3,(H,25,26)/b11-6+/t17-/m0/s1. The maximum Gasteiger partial charge on any atom is 0.416 e. The molecule has 0 aliphatic heterocycles. The van der Waals surface area contributed by atoms with Crippen molar-refractivity contribution in [2.45, 2.75) is 18.6 Å². The van der Waals surface area contributed by atoms with Gasteiger partial charge in [0, 0.05) is 12.5 Å². The van der Waals surface area contributed by atoms with Crippen molar-refractivity contribution in [3.05, 3.63) is 77.1 Å². The van der Waals surface area contributed by atoms with Crippen molar-refractivity contribution in [3.8, 4) is 0 Å². The molecule has 0 aromatic heterocycles. The van der Waals surface area contributed by atoms with Crippen LogP contribution in [0.15, 0.2) is 54.6 Å². The lowest BCUT2D eigenvalue weighted by atomic mass is 10.1. The van der Waals surface area contributed by atoms with E-state index in [2.05, 4.69) is 10.1 Å². The van der Waals surface area contributed by atoms with Gasteiger partial charge in [-0.2, -0.15) is 13.2 Å². The minimum absolute atomic E-state index is 0.0901. The average molecular weight is 395 g/mol. The van der Waals surface area contributed by atoms with Crippen LogP contribution >= 0.6 is 0 Å². The number of esters is 1. The van der Waals surface area contributed by atoms with Crippen molar-refractivity contribution in [2.24, 2.45) is 0 Å². The Balaban J connectivity index is 2.03. The van der Waals surface area contributed by atoms with Gasteiger partial charge in [-0.1, -0.05) is 24.3 Å². The second kappa shape index (κ2) is 9.16. The van der Waals surface area contributed by atoms with Crippen LogP contribution in [-0.2, 0) is 26.9 Å². The number of hydrogen-bond acceptors (Lipinski definition) is 3. The van der Waals surface area contributed by atoms with E-state index >= 15 is 0 Å². The van der Waals surface area contributed by atoms with Gasteiger partial charge in [0.2, 0.25) is 5.91 Å². The SMILES string of the molecule is COC(=O)[C@H](Cc1ccc(F)cc1)NC(=O)/C=C/c1ccc(C(F)(F)F)cc1. The zero-order valence-electron chi connectivity index (χ0n) is 14.8. The topological polar surface area (TPSA) is 55.4 Å². The fourth-order valence-corrected chi connectivity index (χ4v) is 2.37. The number of alkyl halides is 3. The molecule has 1 amide bonds. The molecular weight excluding hydrogens is 378 g/mol. The fraction of sp³-hybridized carbons (Fsp3) is 0.200. The number of carbonyl (C=O) groups excluding carboxylic acids is 2. The zero-order valence-corrected chi connectivity index (χ0v) is 14.8. The molecule has 0 radical (unpaired) electrons. The van der Waals surface area contributed by atoms with E-state index in [1.54, 1.807) is 0 Å². The van der Waals surface area contributed by atoms with Gasteiger partial charge in [-0.05, 0) is 41.5 Å². The number of amides is 1. The Morgan fingerprint density at radius 1 is 1.07 bits per heavy atom. The van der Waals surface area contributed by atoms with E-state index in [-0.39, 0.29) is 6.42 Å². The zero-order chi connectivity index (χ0) is 20.7. The molecular formula is C20H17F4NO3. The molecule has 148 valence electrons. The van der Waals surface area contributed by atoms with Gasteiger partial charge >= 0.3 is 12.1 Å². The van der Waals surface area contributed by atoms with E-state index < -0.39 is 35.5 Å². The minimum Gasteiger partial charge on any atom is -0.467 e. The van der Waals surface area contributed by atoms with E-state index in [4.69, 9.17) is 0 Å². The number of rotatable bonds is 6. The predicted octanol–water partition coefficient (Wildman–Crippen LogP) is 3.76. The first-order chi connectivity index (χ1) is 13.2. The third-order valence-electron chi connectivity index (χ3n) is 3.82. The lowest BCUT2D eigenvalue weighted by Crippen LogP contribution is -2.42. The monoisotopic (exact) mass is 395 g/mol. The summed E-state index contributed by atoms with van der Waals surface area (Å²) in [5.74, 6) is -1.74. The van der Waals surface area contributed by atoms with Crippen LogP contribution in [0.5, 0.6) is 0 Å². The average Bonchev–Trinajstić information content (AvgIpc) is 2.66. The number of hydrogen-bond donors (Lipinski definition) is 1. The molecule has 0 heterocycles. The first kappa shape index (κ1) is 21.1. The molecule has 28 heavy (non-hydrogen) atoms. The maximum atomic E-state index is 13.0. The van der Waals surface area contributed by atoms with Crippen molar-refractivity contribution in [2.75, 3.05) is 7.11 Å². The number of ether oxygens (including phenoxy) is 1. The number of halogens is 4. The van der Waals surface area contributed by atoms with Crippen LogP contribution in [0.2, 0.25) is 0 Å². The summed E-state index contributed by atoms with van der Waals surface area (Å²) in [5, 5.41) is 2.46. The van der Waals surface area contributed by atoms with Crippen molar-refractivity contribution in [1.82, 2.24) is 5.32 Å². The number of benzene rings is 2. The summed E-state index contributed by atoms with van der Waals surface area (Å²) in [6.45, 7) is 0. The van der Waals surface area contributed by atoms with Crippen molar-refractivity contribution in [3.63, 3.8) is 0 Å². The molecule has 0 unspecified atom stereocenters. The molecule has 0 aliphatic carbocycles. The molecule has 0 aliphatic rings. The van der Waals surface area contributed by atoms with E-state index in [1.807, 2.05) is 0 Å². The minimum atomic E-state index is -4.44. The van der Waals surface area contributed by atoms with Crippen molar-refractivity contribution < 1.29 is 31.9 Å². The highest BCUT2D eigenvalue weighted by Crippen LogP contribution is 2.29. The molecule has 2 aromatic carbocycles. The highest BCUT2D eigenvalue weighted by Gasteiger charge is 2.29. The molecule has 1 N–H and O–H groups in total. The maximum absolute atomic E-state index is 13.0. The number of methoxy groups -OCH3 is 1. The first-order valence-corrected chi connectivity index (χ1v) is 8.17. The van der Waals surface area contributed by atoms with Gasteiger partial charge < -0.3 is 10.1 Å². The highest BCUT2D eigenvalue weighted by atomic mass is 19.4. The Labute approximate surface area is 158 Å². The molecule has 0 spiro atoms. The summed E-state index contributed by atoms with van der Waals surface area (Å²) in [5.41, 5.74) is 0.208. The summed E-state index contributed by atoms with van der Waals surface area (Å²) in [6, 6.07) is 8.69. The quantitative estimate of drug-likeness (QED) is 0.460. The van der Waals surface area contributed by atoms with E-state index in [1.165, 1.54) is 49.6 Å². The number of carbonyl (C=O) groups is 2. The Bertz CT molecular complexity index is 843. The fourth-order valence-electron chi connectivity index (χ4n) is 2.37. The van der Waals surface area contributed by atoms with E-state index in [9.17, 15) is 27.2 Å². The Kier molecular flexibility index (Phi) is 6.92. The smallest absolute Gasteiger partial charge is 0.416 e. The molecule has 8 heteroatoms. The Morgan fingerprint density at radius 3 is 2.21 bits per heavy atom. The van der Waals surface area contributed by atoms with Crippen LogP contribution in [0.3, 0.4) is 0 Å². The summed E-state index contributed by atoms with van der Waals surface area (Å²) < 4.78 is 55.3. The van der Waals surface area contributed by atoms with Crippen LogP contribution in [0.25, 0.3) is 6.08 Å². The normalized spacial score (nSPS) is 12.6. The number of nitrogens with one attached hydrogen (secondary N) is 1. The van der Waals surface area contributed by atoms with Crippen molar-refractivity contribution in [1.29, 1.82) is 0 Å². The molecule has 0 saturated heterocycles. The molecule has 1 atom stereocenters. The third-order valence-corrected chi connectivity index (χ3v) is 3.82. The van der Waals surface area contributed by atoms with Crippen LogP contribution in [-0.4, -0.2) is 25.0 Å². The Hall–Kier alpha value is -3.16. The van der Waals surface area contributed by atoms with E-state index in [0.29, 0.717) is 11.1 Å². The van der Waals surface area contributed by atoms with Gasteiger partial charge in [0.25, 0.3) is 0 Å². The second-order valence-electron chi connectivity index (χ2n) is 5.87.